The first-order chi connectivity index (χ1) is 14.2. The van der Waals surface area contributed by atoms with E-state index in [4.69, 9.17) is 16.7 Å². The second-order valence-corrected chi connectivity index (χ2v) is 9.36. The topological polar surface area (TPSA) is 96.0 Å². The molecule has 0 radical (unpaired) electrons. The van der Waals surface area contributed by atoms with Gasteiger partial charge in [-0.15, -0.1) is 0 Å². The first-order valence-electron chi connectivity index (χ1n) is 9.36. The summed E-state index contributed by atoms with van der Waals surface area (Å²) in [6.45, 7) is 2.60. The van der Waals surface area contributed by atoms with Gasteiger partial charge in [0, 0.05) is 31.0 Å². The first-order valence-corrected chi connectivity index (χ1v) is 11.3. The largest absolute Gasteiger partial charge is 0.411 e. The van der Waals surface area contributed by atoms with Crippen LogP contribution >= 0.6 is 11.6 Å². The number of sulfonamides is 1. The minimum atomic E-state index is -3.78. The summed E-state index contributed by atoms with van der Waals surface area (Å²) in [4.78, 5) is 2.06. The number of benzene rings is 2. The lowest BCUT2D eigenvalue weighted by Crippen LogP contribution is -2.23. The van der Waals surface area contributed by atoms with E-state index in [0.717, 1.165) is 22.3 Å². The van der Waals surface area contributed by atoms with Gasteiger partial charge in [-0.25, -0.2) is 13.6 Å². The third kappa shape index (κ3) is 5.11. The number of hydrogen-bond acceptors (Lipinski definition) is 5. The number of allylic oxidation sites excluding steroid dienone is 2. The van der Waals surface area contributed by atoms with E-state index in [1.807, 2.05) is 55.4 Å². The summed E-state index contributed by atoms with van der Waals surface area (Å²) < 4.78 is 23.3. The molecule has 1 atom stereocenters. The van der Waals surface area contributed by atoms with Crippen molar-refractivity contribution in [2.45, 2.75) is 24.2 Å². The van der Waals surface area contributed by atoms with Gasteiger partial charge in [0.05, 0.1) is 10.6 Å². The van der Waals surface area contributed by atoms with Gasteiger partial charge >= 0.3 is 0 Å². The smallest absolute Gasteiger partial charge is 0.238 e. The molecule has 0 saturated carbocycles. The summed E-state index contributed by atoms with van der Waals surface area (Å²) in [7, 11) is -1.83. The molecule has 6 nitrogen and oxygen atoms in total. The Labute approximate surface area is 182 Å². The summed E-state index contributed by atoms with van der Waals surface area (Å²) in [6.07, 6.45) is 6.23. The number of aryl methyl sites for hydroxylation is 1. The highest BCUT2D eigenvalue weighted by Crippen LogP contribution is 2.34. The predicted octanol–water partition coefficient (Wildman–Crippen LogP) is 4.03. The van der Waals surface area contributed by atoms with Crippen molar-refractivity contribution >= 4 is 27.3 Å². The van der Waals surface area contributed by atoms with Gasteiger partial charge in [-0.1, -0.05) is 41.0 Å². The minimum absolute atomic E-state index is 0.0515. The molecule has 8 heteroatoms. The average Bonchev–Trinajstić information content (AvgIpc) is 2.69. The zero-order chi connectivity index (χ0) is 21.9. The van der Waals surface area contributed by atoms with E-state index in [9.17, 15) is 13.6 Å². The van der Waals surface area contributed by atoms with Crippen molar-refractivity contribution in [3.63, 3.8) is 0 Å². The van der Waals surface area contributed by atoms with Crippen LogP contribution in [0, 0.1) is 6.92 Å². The van der Waals surface area contributed by atoms with Crippen LogP contribution in [0.5, 0.6) is 0 Å². The second-order valence-electron chi connectivity index (χ2n) is 7.37. The molecule has 0 saturated heterocycles. The van der Waals surface area contributed by atoms with Gasteiger partial charge in [-0.3, -0.25) is 0 Å². The zero-order valence-electron chi connectivity index (χ0n) is 16.8. The summed E-state index contributed by atoms with van der Waals surface area (Å²) in [6, 6.07) is 12.1. The van der Waals surface area contributed by atoms with Crippen LogP contribution in [0.3, 0.4) is 0 Å². The van der Waals surface area contributed by atoms with Crippen LogP contribution in [0.4, 0.5) is 0 Å². The number of hydrogen-bond donors (Lipinski definition) is 2. The molecule has 158 valence electrons. The maximum Gasteiger partial charge on any atom is 0.238 e. The fraction of sp³-hybridized carbons (Fsp3) is 0.227. The lowest BCUT2D eigenvalue weighted by Gasteiger charge is -2.24. The Morgan fingerprint density at radius 2 is 1.97 bits per heavy atom. The molecule has 3 N–H and O–H groups in total. The molecule has 30 heavy (non-hydrogen) atoms. The van der Waals surface area contributed by atoms with Gasteiger partial charge < -0.3 is 10.1 Å². The Balaban J connectivity index is 2.04. The number of nitrogens with two attached hydrogens (primary N) is 1. The van der Waals surface area contributed by atoms with Crippen LogP contribution in [0.25, 0.3) is 0 Å². The molecule has 0 amide bonds. The van der Waals surface area contributed by atoms with E-state index in [2.05, 4.69) is 5.16 Å². The Bertz CT molecular complexity index is 1120. The molecule has 1 aliphatic rings. The number of rotatable bonds is 6. The van der Waals surface area contributed by atoms with Gasteiger partial charge in [0.2, 0.25) is 10.0 Å². The highest BCUT2D eigenvalue weighted by molar-refractivity contribution is 7.89. The van der Waals surface area contributed by atoms with E-state index >= 15 is 0 Å². The van der Waals surface area contributed by atoms with Crippen LogP contribution in [-0.4, -0.2) is 37.8 Å². The van der Waals surface area contributed by atoms with E-state index in [1.54, 1.807) is 12.1 Å². The second kappa shape index (κ2) is 9.04. The number of nitrogens with zero attached hydrogens (tertiary/aromatic N) is 2. The maximum absolute atomic E-state index is 11.6. The van der Waals surface area contributed by atoms with Crippen molar-refractivity contribution < 1.29 is 13.6 Å². The van der Waals surface area contributed by atoms with Crippen LogP contribution < -0.4 is 5.14 Å². The third-order valence-electron chi connectivity index (χ3n) is 5.16. The van der Waals surface area contributed by atoms with Crippen molar-refractivity contribution in [1.29, 1.82) is 0 Å². The lowest BCUT2D eigenvalue weighted by molar-refractivity contribution is 0.317. The molecule has 2 aromatic rings. The summed E-state index contributed by atoms with van der Waals surface area (Å²) in [5.41, 5.74) is 4.38. The molecule has 1 aliphatic heterocycles. The Hall–Kier alpha value is -2.61. The van der Waals surface area contributed by atoms with Crippen molar-refractivity contribution in [2.24, 2.45) is 10.3 Å². The molecule has 0 aromatic heterocycles. The number of halogens is 1. The van der Waals surface area contributed by atoms with Gasteiger partial charge in [0.25, 0.3) is 0 Å². The average molecular weight is 446 g/mol. The summed E-state index contributed by atoms with van der Waals surface area (Å²) in [5, 5.41) is 19.2. The van der Waals surface area contributed by atoms with E-state index < -0.39 is 10.0 Å². The summed E-state index contributed by atoms with van der Waals surface area (Å²) >= 11 is 6.14. The quantitative estimate of drug-likeness (QED) is 0.398. The number of primary sulfonamides is 1. The minimum Gasteiger partial charge on any atom is -0.411 e. The highest BCUT2D eigenvalue weighted by Gasteiger charge is 2.23. The fourth-order valence-corrected chi connectivity index (χ4v) is 4.37. The van der Waals surface area contributed by atoms with Gasteiger partial charge in [0.15, 0.2) is 0 Å². The molecule has 0 aliphatic carbocycles. The monoisotopic (exact) mass is 445 g/mol. The maximum atomic E-state index is 11.6. The molecule has 1 heterocycles. The van der Waals surface area contributed by atoms with Crippen molar-refractivity contribution in [2.75, 3.05) is 13.6 Å². The van der Waals surface area contributed by atoms with E-state index in [0.29, 0.717) is 23.7 Å². The normalized spacial score (nSPS) is 15.8. The Morgan fingerprint density at radius 3 is 2.53 bits per heavy atom. The Morgan fingerprint density at radius 1 is 1.27 bits per heavy atom. The van der Waals surface area contributed by atoms with Gasteiger partial charge in [0.1, 0.15) is 0 Å². The van der Waals surface area contributed by atoms with Crippen molar-refractivity contribution in [1.82, 2.24) is 4.90 Å². The van der Waals surface area contributed by atoms with E-state index in [-0.39, 0.29) is 10.8 Å². The molecular weight excluding hydrogens is 422 g/mol. The first kappa shape index (κ1) is 22.1. The van der Waals surface area contributed by atoms with Crippen LogP contribution in [-0.2, 0) is 10.0 Å². The van der Waals surface area contributed by atoms with Gasteiger partial charge in [-0.05, 0) is 65.7 Å². The molecule has 3 rings (SSSR count). The molecular formula is C22H24ClN3O3S. The molecule has 0 fully saturated rings. The zero-order valence-corrected chi connectivity index (χ0v) is 18.4. The standard InChI is InChI=1S/C22H24ClN3O3S/c1-15-12-18(23)7-10-20(15)21(16-5-8-19(9-6-16)30(24,28)29)13-22(25-27)17-4-3-11-26(2)14-17/h3-12,21,27H,13-14H2,1-2H3,(H2,24,28,29). The van der Waals surface area contributed by atoms with Crippen LogP contribution in [0.15, 0.2) is 76.4 Å². The van der Waals surface area contributed by atoms with Crippen LogP contribution in [0.1, 0.15) is 29.0 Å². The number of likely N-dealkylation sites (N-methyl/N-ethyl adjacent to an activating group) is 1. The molecule has 0 spiro atoms. The SMILES string of the molecule is Cc1cc(Cl)ccc1C(CC(=NO)C1=CC=CN(C)C1)c1ccc(S(N)(=O)=O)cc1. The molecule has 2 aromatic carbocycles. The molecule has 1 unspecified atom stereocenters. The number of oxime groups is 1. The highest BCUT2D eigenvalue weighted by atomic mass is 35.5. The lowest BCUT2D eigenvalue weighted by atomic mass is 9.83. The Kier molecular flexibility index (Phi) is 6.65. The summed E-state index contributed by atoms with van der Waals surface area (Å²) in [5.74, 6) is -0.167. The van der Waals surface area contributed by atoms with Gasteiger partial charge in [-0.2, -0.15) is 0 Å². The third-order valence-corrected chi connectivity index (χ3v) is 6.33. The van der Waals surface area contributed by atoms with Crippen molar-refractivity contribution in [3.05, 3.63) is 88.1 Å². The predicted molar refractivity (Wildman–Crippen MR) is 120 cm³/mol. The molecule has 0 bridgehead atoms. The van der Waals surface area contributed by atoms with Crippen molar-refractivity contribution in [3.8, 4) is 0 Å². The van der Waals surface area contributed by atoms with E-state index in [1.165, 1.54) is 12.1 Å². The fourth-order valence-electron chi connectivity index (χ4n) is 3.62. The van der Waals surface area contributed by atoms with Crippen LogP contribution in [0.2, 0.25) is 5.02 Å².